The summed E-state index contributed by atoms with van der Waals surface area (Å²) < 4.78 is 5.37. The Kier molecular flexibility index (Phi) is 9.14. The highest BCUT2D eigenvalue weighted by atomic mass is 16.5. The molecule has 4 N–H and O–H groups in total. The van der Waals surface area contributed by atoms with Crippen molar-refractivity contribution < 1.29 is 9.53 Å². The lowest BCUT2D eigenvalue weighted by molar-refractivity contribution is -0.122. The van der Waals surface area contributed by atoms with Crippen LogP contribution in [0.15, 0.2) is 23.3 Å². The molecule has 1 saturated carbocycles. The molecule has 0 bridgehead atoms. The van der Waals surface area contributed by atoms with Gasteiger partial charge in [0, 0.05) is 51.7 Å². The lowest BCUT2D eigenvalue weighted by Crippen LogP contribution is -2.43. The highest BCUT2D eigenvalue weighted by Crippen LogP contribution is 2.40. The molecule has 2 fully saturated rings. The van der Waals surface area contributed by atoms with Crippen LogP contribution in [0.4, 0.5) is 5.82 Å². The van der Waals surface area contributed by atoms with Gasteiger partial charge in [-0.1, -0.05) is 18.9 Å². The number of nitrogens with zero attached hydrogens (tertiary/aromatic N) is 3. The molecular formula is C24H40N6O2. The van der Waals surface area contributed by atoms with E-state index in [1.54, 1.807) is 13.3 Å². The number of nitrogens with one attached hydrogen (secondary N) is 2. The van der Waals surface area contributed by atoms with Crippen LogP contribution in [-0.4, -0.2) is 56.7 Å². The number of pyridine rings is 1. The first kappa shape index (κ1) is 24.3. The molecule has 1 atom stereocenters. The van der Waals surface area contributed by atoms with Crippen molar-refractivity contribution in [2.75, 3.05) is 44.8 Å². The maximum Gasteiger partial charge on any atom is 0.222 e. The Morgan fingerprint density at radius 2 is 2.16 bits per heavy atom. The predicted molar refractivity (Wildman–Crippen MR) is 129 cm³/mol. The SMILES string of the molecule is CCNC(=NCc1cccnc1N1CCCC(C(N)=O)C1)NCC1(CCOC)CCCC1. The average Bonchev–Trinajstić information content (AvgIpc) is 3.29. The first-order chi connectivity index (χ1) is 15.6. The molecule has 32 heavy (non-hydrogen) atoms. The highest BCUT2D eigenvalue weighted by Gasteiger charge is 2.33. The standard InChI is InChI=1S/C24H40N6O2/c1-3-26-23(29-18-24(12-15-32-2)10-4-5-11-24)28-16-19-8-6-13-27-22(19)30-14-7-9-20(17-30)21(25)31/h6,8,13,20H,3-5,7,9-12,14-18H2,1-2H3,(H2,25,31)(H2,26,28,29). The van der Waals surface area contributed by atoms with E-state index in [9.17, 15) is 4.79 Å². The van der Waals surface area contributed by atoms with Gasteiger partial charge in [-0.15, -0.1) is 0 Å². The Bertz CT molecular complexity index is 763. The summed E-state index contributed by atoms with van der Waals surface area (Å²) in [6.45, 7) is 6.65. The molecule has 1 saturated heterocycles. The number of methoxy groups -OCH3 is 1. The van der Waals surface area contributed by atoms with Gasteiger partial charge in [0.1, 0.15) is 5.82 Å². The number of piperidine rings is 1. The number of anilines is 1. The molecule has 3 rings (SSSR count). The third kappa shape index (κ3) is 6.58. The summed E-state index contributed by atoms with van der Waals surface area (Å²) in [7, 11) is 1.78. The van der Waals surface area contributed by atoms with Crippen LogP contribution in [0.1, 0.15) is 57.4 Å². The van der Waals surface area contributed by atoms with Crippen molar-refractivity contribution >= 4 is 17.7 Å². The van der Waals surface area contributed by atoms with Gasteiger partial charge in [0.05, 0.1) is 12.5 Å². The van der Waals surface area contributed by atoms with E-state index in [2.05, 4.69) is 33.5 Å². The number of carbonyl (C=O) groups is 1. The third-order valence-electron chi connectivity index (χ3n) is 6.87. The largest absolute Gasteiger partial charge is 0.385 e. The Morgan fingerprint density at radius 1 is 1.34 bits per heavy atom. The maximum atomic E-state index is 11.7. The van der Waals surface area contributed by atoms with E-state index < -0.39 is 0 Å². The van der Waals surface area contributed by atoms with E-state index in [4.69, 9.17) is 15.5 Å². The van der Waals surface area contributed by atoms with Crippen LogP contribution in [-0.2, 0) is 16.1 Å². The summed E-state index contributed by atoms with van der Waals surface area (Å²) in [6, 6.07) is 4.02. The van der Waals surface area contributed by atoms with Crippen molar-refractivity contribution in [3.8, 4) is 0 Å². The first-order valence-corrected chi connectivity index (χ1v) is 12.1. The summed E-state index contributed by atoms with van der Waals surface area (Å²) in [5.41, 5.74) is 6.93. The van der Waals surface area contributed by atoms with Crippen LogP contribution >= 0.6 is 0 Å². The molecule has 8 heteroatoms. The average molecular weight is 445 g/mol. The second kappa shape index (κ2) is 12.0. The molecule has 2 heterocycles. The van der Waals surface area contributed by atoms with Crippen LogP contribution < -0.4 is 21.3 Å². The summed E-state index contributed by atoms with van der Waals surface area (Å²) >= 11 is 0. The van der Waals surface area contributed by atoms with E-state index in [0.29, 0.717) is 18.5 Å². The number of aliphatic imine (C=N–C) groups is 1. The molecule has 2 aliphatic rings. The van der Waals surface area contributed by atoms with Gasteiger partial charge in [-0.2, -0.15) is 0 Å². The smallest absolute Gasteiger partial charge is 0.222 e. The van der Waals surface area contributed by atoms with Crippen molar-refractivity contribution in [2.24, 2.45) is 22.1 Å². The van der Waals surface area contributed by atoms with Gasteiger partial charge >= 0.3 is 0 Å². The molecule has 1 amide bonds. The van der Waals surface area contributed by atoms with E-state index in [0.717, 1.165) is 62.8 Å². The van der Waals surface area contributed by atoms with Crippen LogP contribution in [0.5, 0.6) is 0 Å². The summed E-state index contributed by atoms with van der Waals surface area (Å²) in [4.78, 5) is 23.4. The number of guanidine groups is 1. The quantitative estimate of drug-likeness (QED) is 0.378. The monoisotopic (exact) mass is 444 g/mol. The van der Waals surface area contributed by atoms with Gasteiger partial charge in [0.25, 0.3) is 0 Å². The minimum absolute atomic E-state index is 0.115. The van der Waals surface area contributed by atoms with Crippen LogP contribution in [0.3, 0.4) is 0 Å². The lowest BCUT2D eigenvalue weighted by atomic mass is 9.83. The maximum absolute atomic E-state index is 11.7. The molecule has 1 aromatic rings. The van der Waals surface area contributed by atoms with Crippen LogP contribution in [0, 0.1) is 11.3 Å². The Morgan fingerprint density at radius 3 is 2.88 bits per heavy atom. The molecule has 0 radical (unpaired) electrons. The minimum atomic E-state index is -0.224. The molecule has 1 aliphatic carbocycles. The second-order valence-corrected chi connectivity index (χ2v) is 9.17. The lowest BCUT2D eigenvalue weighted by Gasteiger charge is -2.33. The van der Waals surface area contributed by atoms with Crippen LogP contribution in [0.25, 0.3) is 0 Å². The van der Waals surface area contributed by atoms with Gasteiger partial charge in [0.15, 0.2) is 5.96 Å². The minimum Gasteiger partial charge on any atom is -0.385 e. The Balaban J connectivity index is 1.68. The van der Waals surface area contributed by atoms with Crippen molar-refractivity contribution in [3.05, 3.63) is 23.9 Å². The number of ether oxygens (including phenoxy) is 1. The van der Waals surface area contributed by atoms with E-state index >= 15 is 0 Å². The second-order valence-electron chi connectivity index (χ2n) is 9.17. The summed E-state index contributed by atoms with van der Waals surface area (Å²) in [5.74, 6) is 1.40. The zero-order valence-electron chi connectivity index (χ0n) is 19.7. The molecule has 1 unspecified atom stereocenters. The molecule has 178 valence electrons. The van der Waals surface area contributed by atoms with Gasteiger partial charge in [-0.05, 0) is 50.5 Å². The first-order valence-electron chi connectivity index (χ1n) is 12.1. The van der Waals surface area contributed by atoms with Crippen LogP contribution in [0.2, 0.25) is 0 Å². The summed E-state index contributed by atoms with van der Waals surface area (Å²) in [6.07, 6.45) is 9.75. The normalized spacial score (nSPS) is 20.9. The van der Waals surface area contributed by atoms with Gasteiger partial charge in [0.2, 0.25) is 5.91 Å². The van der Waals surface area contributed by atoms with E-state index in [-0.39, 0.29) is 11.8 Å². The number of hydrogen-bond donors (Lipinski definition) is 3. The molecular weight excluding hydrogens is 404 g/mol. The molecule has 1 aliphatic heterocycles. The Labute approximate surface area is 192 Å². The number of aromatic nitrogens is 1. The van der Waals surface area contributed by atoms with E-state index in [1.165, 1.54) is 25.7 Å². The number of primary amides is 1. The number of nitrogens with two attached hydrogens (primary N) is 1. The zero-order chi connectivity index (χ0) is 22.8. The molecule has 0 aromatic carbocycles. The predicted octanol–water partition coefficient (Wildman–Crippen LogP) is 2.44. The zero-order valence-corrected chi connectivity index (χ0v) is 19.7. The fourth-order valence-corrected chi connectivity index (χ4v) is 4.98. The van der Waals surface area contributed by atoms with Crippen molar-refractivity contribution in [2.45, 2.75) is 58.4 Å². The van der Waals surface area contributed by atoms with Crippen molar-refractivity contribution in [3.63, 3.8) is 0 Å². The van der Waals surface area contributed by atoms with E-state index in [1.807, 2.05) is 6.07 Å². The Hall–Kier alpha value is -2.35. The topological polar surface area (TPSA) is 105 Å². The molecule has 8 nitrogen and oxygen atoms in total. The molecule has 0 spiro atoms. The fourth-order valence-electron chi connectivity index (χ4n) is 4.98. The van der Waals surface area contributed by atoms with Gasteiger partial charge < -0.3 is 26.0 Å². The summed E-state index contributed by atoms with van der Waals surface area (Å²) in [5, 5.41) is 6.98. The fraction of sp³-hybridized carbons (Fsp3) is 0.708. The number of hydrogen-bond acceptors (Lipinski definition) is 5. The van der Waals surface area contributed by atoms with Gasteiger partial charge in [-0.3, -0.25) is 4.79 Å². The van der Waals surface area contributed by atoms with Gasteiger partial charge in [-0.25, -0.2) is 9.98 Å². The number of amides is 1. The molecule has 1 aromatic heterocycles. The van der Waals surface area contributed by atoms with Crippen molar-refractivity contribution in [1.82, 2.24) is 15.6 Å². The number of rotatable bonds is 10. The van der Waals surface area contributed by atoms with Crippen molar-refractivity contribution in [1.29, 1.82) is 0 Å². The third-order valence-corrected chi connectivity index (χ3v) is 6.87. The number of carbonyl (C=O) groups excluding carboxylic acids is 1. The highest BCUT2D eigenvalue weighted by molar-refractivity contribution is 5.80.